The topological polar surface area (TPSA) is 33.1 Å². The van der Waals surface area contributed by atoms with Crippen LogP contribution in [-0.4, -0.2) is 10.1 Å². The van der Waals surface area contributed by atoms with Gasteiger partial charge < -0.3 is 5.11 Å². The first-order chi connectivity index (χ1) is 6.20. The molecule has 1 N–H and O–H groups in total. The minimum absolute atomic E-state index is 0.304. The van der Waals surface area contributed by atoms with Crippen LogP contribution in [0.5, 0.6) is 5.75 Å². The third-order valence-electron chi connectivity index (χ3n) is 2.03. The first kappa shape index (κ1) is 8.51. The Morgan fingerprint density at radius 3 is 2.85 bits per heavy atom. The van der Waals surface area contributed by atoms with E-state index >= 15 is 0 Å². The molecule has 1 aromatic carbocycles. The van der Waals surface area contributed by atoms with Crippen LogP contribution >= 0.6 is 15.9 Å². The molecule has 0 radical (unpaired) electrons. The van der Waals surface area contributed by atoms with Crippen molar-refractivity contribution in [2.45, 2.75) is 6.92 Å². The van der Waals surface area contributed by atoms with Crippen LogP contribution in [0.1, 0.15) is 5.56 Å². The highest BCUT2D eigenvalue weighted by molar-refractivity contribution is 9.10. The molecule has 2 nitrogen and oxygen atoms in total. The second-order valence-electron chi connectivity index (χ2n) is 2.93. The van der Waals surface area contributed by atoms with Gasteiger partial charge in [-0.15, -0.1) is 0 Å². The minimum Gasteiger partial charge on any atom is -0.507 e. The second kappa shape index (κ2) is 3.00. The van der Waals surface area contributed by atoms with E-state index in [1.54, 1.807) is 12.3 Å². The molecule has 0 unspecified atom stereocenters. The number of halogens is 1. The Bertz CT molecular complexity index is 459. The Balaban J connectivity index is 3.00. The summed E-state index contributed by atoms with van der Waals surface area (Å²) in [6.45, 7) is 1.93. The van der Waals surface area contributed by atoms with Crippen LogP contribution in [0.2, 0.25) is 0 Å². The van der Waals surface area contributed by atoms with Gasteiger partial charge in [-0.25, -0.2) is 4.98 Å². The van der Waals surface area contributed by atoms with Crippen molar-refractivity contribution in [1.29, 1.82) is 0 Å². The average Bonchev–Trinajstić information content (AvgIpc) is 2.12. The molecule has 2 aromatic rings. The van der Waals surface area contributed by atoms with Crippen LogP contribution in [0, 0.1) is 6.92 Å². The lowest BCUT2D eigenvalue weighted by molar-refractivity contribution is 0.481. The maximum Gasteiger partial charge on any atom is 0.123 e. The number of nitrogens with zero attached hydrogens (tertiary/aromatic N) is 1. The van der Waals surface area contributed by atoms with Crippen LogP contribution < -0.4 is 0 Å². The zero-order valence-corrected chi connectivity index (χ0v) is 8.67. The molecule has 66 valence electrons. The van der Waals surface area contributed by atoms with Gasteiger partial charge in [0.2, 0.25) is 0 Å². The van der Waals surface area contributed by atoms with Crippen molar-refractivity contribution in [2.24, 2.45) is 0 Å². The lowest BCUT2D eigenvalue weighted by atomic mass is 10.1. The Labute approximate surface area is 84.4 Å². The predicted molar refractivity (Wildman–Crippen MR) is 55.8 cm³/mol. The highest BCUT2D eigenvalue weighted by atomic mass is 79.9. The summed E-state index contributed by atoms with van der Waals surface area (Å²) < 4.78 is 0.768. The van der Waals surface area contributed by atoms with Crippen molar-refractivity contribution in [1.82, 2.24) is 4.98 Å². The van der Waals surface area contributed by atoms with E-state index in [1.807, 2.05) is 19.1 Å². The average molecular weight is 238 g/mol. The maximum absolute atomic E-state index is 9.63. The number of pyridine rings is 1. The first-order valence-electron chi connectivity index (χ1n) is 3.93. The fourth-order valence-electron chi connectivity index (χ4n) is 1.41. The number of phenolic OH excluding ortho intramolecular Hbond substituents is 1. The van der Waals surface area contributed by atoms with Crippen molar-refractivity contribution in [2.75, 3.05) is 0 Å². The predicted octanol–water partition coefficient (Wildman–Crippen LogP) is 3.01. The van der Waals surface area contributed by atoms with Crippen molar-refractivity contribution in [3.05, 3.63) is 34.6 Å². The van der Waals surface area contributed by atoms with E-state index in [9.17, 15) is 5.11 Å². The summed E-state index contributed by atoms with van der Waals surface area (Å²) in [6.07, 6.45) is 1.74. The fourth-order valence-corrected chi connectivity index (χ4v) is 1.85. The highest BCUT2D eigenvalue weighted by Crippen LogP contribution is 2.30. The van der Waals surface area contributed by atoms with Crippen molar-refractivity contribution >= 4 is 26.7 Å². The molecule has 0 aliphatic heterocycles. The number of aromatic hydroxyl groups is 1. The van der Waals surface area contributed by atoms with Crippen molar-refractivity contribution in [3.8, 4) is 5.75 Å². The van der Waals surface area contributed by atoms with Gasteiger partial charge in [0.1, 0.15) is 10.4 Å². The molecule has 1 heterocycles. The highest BCUT2D eigenvalue weighted by Gasteiger charge is 2.05. The lowest BCUT2D eigenvalue weighted by Crippen LogP contribution is -1.84. The summed E-state index contributed by atoms with van der Waals surface area (Å²) in [6, 6.07) is 5.42. The molecule has 2 rings (SSSR count). The summed E-state index contributed by atoms with van der Waals surface area (Å²) in [5, 5.41) is 11.4. The van der Waals surface area contributed by atoms with E-state index < -0.39 is 0 Å². The molecule has 0 saturated carbocycles. The molecule has 3 heteroatoms. The molecule has 0 amide bonds. The molecule has 0 fully saturated rings. The minimum atomic E-state index is 0.304. The Hall–Kier alpha value is -1.09. The standard InChI is InChI=1S/C10H8BrNO/c1-6-5-12-10(11)7-3-2-4-8(13)9(6)7/h2-5,13H,1H3. The molecule has 0 saturated heterocycles. The van der Waals surface area contributed by atoms with Crippen molar-refractivity contribution < 1.29 is 5.11 Å². The number of aryl methyl sites for hydroxylation is 1. The molecule has 1 aromatic heterocycles. The van der Waals surface area contributed by atoms with Gasteiger partial charge in [0.15, 0.2) is 0 Å². The van der Waals surface area contributed by atoms with Crippen LogP contribution in [0.3, 0.4) is 0 Å². The molecule has 0 bridgehead atoms. The summed E-state index contributed by atoms with van der Waals surface area (Å²) in [5.41, 5.74) is 0.983. The number of phenols is 1. The lowest BCUT2D eigenvalue weighted by Gasteiger charge is -2.04. The van der Waals surface area contributed by atoms with Crippen molar-refractivity contribution in [3.63, 3.8) is 0 Å². The normalized spacial score (nSPS) is 10.6. The van der Waals surface area contributed by atoms with E-state index in [1.165, 1.54) is 0 Å². The summed E-state index contributed by atoms with van der Waals surface area (Å²) in [7, 11) is 0. The molecule has 0 aliphatic carbocycles. The number of hydrogen-bond acceptors (Lipinski definition) is 2. The SMILES string of the molecule is Cc1cnc(Br)c2cccc(O)c12. The van der Waals surface area contributed by atoms with E-state index in [2.05, 4.69) is 20.9 Å². The molecule has 0 atom stereocenters. The van der Waals surface area contributed by atoms with E-state index in [-0.39, 0.29) is 0 Å². The van der Waals surface area contributed by atoms with E-state index in [4.69, 9.17) is 0 Å². The van der Waals surface area contributed by atoms with E-state index in [0.717, 1.165) is 20.9 Å². The van der Waals surface area contributed by atoms with Crippen LogP contribution in [0.15, 0.2) is 29.0 Å². The molecule has 0 spiro atoms. The van der Waals surface area contributed by atoms with Gasteiger partial charge in [-0.2, -0.15) is 0 Å². The number of aromatic nitrogens is 1. The largest absolute Gasteiger partial charge is 0.507 e. The van der Waals surface area contributed by atoms with Crippen LogP contribution in [0.25, 0.3) is 10.8 Å². The van der Waals surface area contributed by atoms with Gasteiger partial charge in [-0.05, 0) is 34.5 Å². The third kappa shape index (κ3) is 1.29. The molecule has 0 aliphatic rings. The number of fused-ring (bicyclic) bond motifs is 1. The fraction of sp³-hybridized carbons (Fsp3) is 0.100. The third-order valence-corrected chi connectivity index (χ3v) is 2.66. The maximum atomic E-state index is 9.63. The number of hydrogen-bond donors (Lipinski definition) is 1. The quantitative estimate of drug-likeness (QED) is 0.715. The summed E-state index contributed by atoms with van der Waals surface area (Å²) >= 11 is 3.34. The van der Waals surface area contributed by atoms with Gasteiger partial charge in [0.25, 0.3) is 0 Å². The van der Waals surface area contributed by atoms with Crippen LogP contribution in [0.4, 0.5) is 0 Å². The second-order valence-corrected chi connectivity index (χ2v) is 3.68. The van der Waals surface area contributed by atoms with Crippen LogP contribution in [-0.2, 0) is 0 Å². The Morgan fingerprint density at radius 1 is 1.38 bits per heavy atom. The van der Waals surface area contributed by atoms with Gasteiger partial charge in [0.05, 0.1) is 0 Å². The molecular formula is C10H8BrNO. The van der Waals surface area contributed by atoms with Gasteiger partial charge >= 0.3 is 0 Å². The van der Waals surface area contributed by atoms with E-state index in [0.29, 0.717) is 5.75 Å². The first-order valence-corrected chi connectivity index (χ1v) is 4.72. The van der Waals surface area contributed by atoms with Gasteiger partial charge in [-0.1, -0.05) is 12.1 Å². The summed E-state index contributed by atoms with van der Waals surface area (Å²) in [5.74, 6) is 0.304. The smallest absolute Gasteiger partial charge is 0.123 e. The zero-order chi connectivity index (χ0) is 9.42. The zero-order valence-electron chi connectivity index (χ0n) is 7.08. The number of rotatable bonds is 0. The molecule has 13 heavy (non-hydrogen) atoms. The molecular weight excluding hydrogens is 230 g/mol. The Morgan fingerprint density at radius 2 is 2.15 bits per heavy atom. The Kier molecular flexibility index (Phi) is 1.96. The monoisotopic (exact) mass is 237 g/mol. The number of benzene rings is 1. The van der Waals surface area contributed by atoms with Gasteiger partial charge in [0, 0.05) is 17.0 Å². The summed E-state index contributed by atoms with van der Waals surface area (Å²) in [4.78, 5) is 4.15. The van der Waals surface area contributed by atoms with Gasteiger partial charge in [-0.3, -0.25) is 0 Å².